The van der Waals surface area contributed by atoms with Crippen LogP contribution < -0.4 is 0 Å². The largest absolute Gasteiger partial charge is 0.301 e. The zero-order valence-corrected chi connectivity index (χ0v) is 16.3. The van der Waals surface area contributed by atoms with E-state index < -0.39 is 0 Å². The zero-order chi connectivity index (χ0) is 19.1. The molecule has 5 rings (SSSR count). The maximum atomic E-state index is 6.19. The molecule has 0 aromatic carbocycles. The van der Waals surface area contributed by atoms with E-state index in [1.54, 1.807) is 12.4 Å². The normalized spacial score (nSPS) is 14.4. The number of hydrogen-bond donors (Lipinski definition) is 0. The molecule has 0 saturated carbocycles. The number of hydrogen-bond acceptors (Lipinski definition) is 5. The van der Waals surface area contributed by atoms with Gasteiger partial charge >= 0.3 is 0 Å². The Morgan fingerprint density at radius 1 is 1.11 bits per heavy atom. The van der Waals surface area contributed by atoms with Gasteiger partial charge in [0.15, 0.2) is 5.82 Å². The molecule has 0 bridgehead atoms. The summed E-state index contributed by atoms with van der Waals surface area (Å²) in [5.41, 5.74) is 6.47. The molecule has 0 atom stereocenters. The molecule has 0 saturated heterocycles. The number of imidazole rings is 1. The number of aryl methyl sites for hydroxylation is 1. The van der Waals surface area contributed by atoms with Crippen molar-refractivity contribution in [2.24, 2.45) is 0 Å². The Labute approximate surface area is 167 Å². The first-order chi connectivity index (χ1) is 13.7. The van der Waals surface area contributed by atoms with Gasteiger partial charge in [-0.05, 0) is 31.2 Å². The maximum Gasteiger partial charge on any atom is 0.159 e. The highest BCUT2D eigenvalue weighted by atomic mass is 35.5. The Kier molecular flexibility index (Phi) is 4.30. The van der Waals surface area contributed by atoms with E-state index in [1.165, 1.54) is 11.3 Å². The van der Waals surface area contributed by atoms with Crippen molar-refractivity contribution in [2.75, 3.05) is 6.54 Å². The predicted octanol–water partition coefficient (Wildman–Crippen LogP) is 3.71. The highest BCUT2D eigenvalue weighted by Gasteiger charge is 2.21. The quantitative estimate of drug-likeness (QED) is 0.533. The van der Waals surface area contributed by atoms with Gasteiger partial charge in [-0.15, -0.1) is 0 Å². The summed E-state index contributed by atoms with van der Waals surface area (Å²) in [6.45, 7) is 4.66. The van der Waals surface area contributed by atoms with Gasteiger partial charge in [0.2, 0.25) is 0 Å². The minimum Gasteiger partial charge on any atom is -0.301 e. The zero-order valence-electron chi connectivity index (χ0n) is 15.5. The molecule has 1 aliphatic heterocycles. The van der Waals surface area contributed by atoms with E-state index in [-0.39, 0.29) is 0 Å². The molecule has 0 radical (unpaired) electrons. The lowest BCUT2D eigenvalue weighted by molar-refractivity contribution is 0.239. The van der Waals surface area contributed by atoms with Crippen LogP contribution in [0.4, 0.5) is 0 Å². The van der Waals surface area contributed by atoms with Crippen molar-refractivity contribution >= 4 is 17.2 Å². The molecule has 4 aromatic rings. The Morgan fingerprint density at radius 2 is 1.96 bits per heavy atom. The Balaban J connectivity index is 1.40. The van der Waals surface area contributed by atoms with Crippen molar-refractivity contribution in [1.29, 1.82) is 0 Å². The maximum absolute atomic E-state index is 6.19. The van der Waals surface area contributed by atoms with Crippen LogP contribution >= 0.6 is 11.6 Å². The third-order valence-electron chi connectivity index (χ3n) is 5.21. The van der Waals surface area contributed by atoms with Crippen LogP contribution in [-0.2, 0) is 19.5 Å². The molecule has 140 valence electrons. The highest BCUT2D eigenvalue weighted by molar-refractivity contribution is 6.30. The molecule has 7 heteroatoms. The molecular weight excluding hydrogens is 372 g/mol. The van der Waals surface area contributed by atoms with Gasteiger partial charge in [0, 0.05) is 62.0 Å². The lowest BCUT2D eigenvalue weighted by Crippen LogP contribution is -2.31. The second-order valence-corrected chi connectivity index (χ2v) is 7.52. The minimum atomic E-state index is 0.715. The van der Waals surface area contributed by atoms with Gasteiger partial charge < -0.3 is 4.40 Å². The van der Waals surface area contributed by atoms with E-state index in [9.17, 15) is 0 Å². The van der Waals surface area contributed by atoms with Crippen LogP contribution in [0.25, 0.3) is 17.0 Å². The van der Waals surface area contributed by atoms with Gasteiger partial charge in [-0.25, -0.2) is 15.0 Å². The summed E-state index contributed by atoms with van der Waals surface area (Å²) >= 11 is 6.19. The summed E-state index contributed by atoms with van der Waals surface area (Å²) in [6.07, 6.45) is 8.35. The first-order valence-corrected chi connectivity index (χ1v) is 9.66. The van der Waals surface area contributed by atoms with E-state index in [0.717, 1.165) is 54.5 Å². The van der Waals surface area contributed by atoms with Gasteiger partial charge in [0.1, 0.15) is 5.65 Å². The second kappa shape index (κ2) is 6.96. The molecule has 0 unspecified atom stereocenters. The number of aromatic nitrogens is 5. The van der Waals surface area contributed by atoms with Crippen molar-refractivity contribution in [2.45, 2.75) is 26.4 Å². The van der Waals surface area contributed by atoms with E-state index >= 15 is 0 Å². The molecule has 0 spiro atoms. The smallest absolute Gasteiger partial charge is 0.159 e. The molecule has 0 aliphatic carbocycles. The van der Waals surface area contributed by atoms with Crippen LogP contribution in [0.2, 0.25) is 5.02 Å². The van der Waals surface area contributed by atoms with Crippen LogP contribution in [0.5, 0.6) is 0 Å². The van der Waals surface area contributed by atoms with Crippen molar-refractivity contribution in [3.63, 3.8) is 0 Å². The van der Waals surface area contributed by atoms with Crippen molar-refractivity contribution in [3.8, 4) is 11.4 Å². The van der Waals surface area contributed by atoms with Crippen LogP contribution in [0, 0.1) is 6.92 Å². The molecule has 1 aliphatic rings. The molecule has 4 aromatic heterocycles. The molecule has 28 heavy (non-hydrogen) atoms. The van der Waals surface area contributed by atoms with Gasteiger partial charge in [0.25, 0.3) is 0 Å². The first-order valence-electron chi connectivity index (χ1n) is 9.28. The van der Waals surface area contributed by atoms with E-state index in [1.807, 2.05) is 36.7 Å². The third-order valence-corrected chi connectivity index (χ3v) is 5.43. The fourth-order valence-electron chi connectivity index (χ4n) is 3.74. The average Bonchev–Trinajstić information content (AvgIpc) is 3.03. The lowest BCUT2D eigenvalue weighted by atomic mass is 10.1. The summed E-state index contributed by atoms with van der Waals surface area (Å²) in [4.78, 5) is 20.5. The van der Waals surface area contributed by atoms with E-state index in [4.69, 9.17) is 16.6 Å². The van der Waals surface area contributed by atoms with Crippen LogP contribution in [0.1, 0.15) is 22.6 Å². The van der Waals surface area contributed by atoms with Gasteiger partial charge in [-0.2, -0.15) is 0 Å². The van der Waals surface area contributed by atoms with Crippen LogP contribution in [0.3, 0.4) is 0 Å². The Morgan fingerprint density at radius 3 is 2.82 bits per heavy atom. The first kappa shape index (κ1) is 17.3. The lowest BCUT2D eigenvalue weighted by Gasteiger charge is -2.28. The summed E-state index contributed by atoms with van der Waals surface area (Å²) in [7, 11) is 0. The molecule has 5 heterocycles. The summed E-state index contributed by atoms with van der Waals surface area (Å²) in [6, 6.07) is 7.71. The SMILES string of the molecule is Cc1nc2ccc(Cl)cn2c1CN1CCc2nc(-c3ccncc3)ncc2C1. The van der Waals surface area contributed by atoms with E-state index in [0.29, 0.717) is 5.02 Å². The molecular formula is C21H19ClN6. The van der Waals surface area contributed by atoms with Crippen LogP contribution in [-0.4, -0.2) is 35.8 Å². The molecule has 0 N–H and O–H groups in total. The fraction of sp³-hybridized carbons (Fsp3) is 0.238. The van der Waals surface area contributed by atoms with E-state index in [2.05, 4.69) is 31.2 Å². The molecule has 6 nitrogen and oxygen atoms in total. The number of fused-ring (bicyclic) bond motifs is 2. The fourth-order valence-corrected chi connectivity index (χ4v) is 3.90. The van der Waals surface area contributed by atoms with Crippen LogP contribution in [0.15, 0.2) is 49.1 Å². The summed E-state index contributed by atoms with van der Waals surface area (Å²) in [5.74, 6) is 0.766. The second-order valence-electron chi connectivity index (χ2n) is 7.08. The van der Waals surface area contributed by atoms with Gasteiger partial charge in [-0.1, -0.05) is 11.6 Å². The minimum absolute atomic E-state index is 0.715. The number of nitrogens with zero attached hydrogens (tertiary/aromatic N) is 6. The molecule has 0 fully saturated rings. The molecule has 0 amide bonds. The predicted molar refractivity (Wildman–Crippen MR) is 108 cm³/mol. The highest BCUT2D eigenvalue weighted by Crippen LogP contribution is 2.23. The van der Waals surface area contributed by atoms with Crippen molar-refractivity contribution in [1.82, 2.24) is 29.2 Å². The number of pyridine rings is 2. The Bertz CT molecular complexity index is 1150. The standard InChI is InChI=1S/C21H19ClN6/c1-14-19(28-12-17(22)2-3-20(28)25-14)13-27-9-6-18-16(11-27)10-24-21(26-18)15-4-7-23-8-5-15/h2-5,7-8,10,12H,6,9,11,13H2,1H3. The van der Waals surface area contributed by atoms with Crippen molar-refractivity contribution in [3.05, 3.63) is 76.7 Å². The number of halogens is 1. The Hall–Kier alpha value is -2.83. The number of rotatable bonds is 3. The monoisotopic (exact) mass is 390 g/mol. The third kappa shape index (κ3) is 3.15. The average molecular weight is 391 g/mol. The van der Waals surface area contributed by atoms with Gasteiger partial charge in [0.05, 0.1) is 22.1 Å². The van der Waals surface area contributed by atoms with Gasteiger partial charge in [-0.3, -0.25) is 9.88 Å². The topological polar surface area (TPSA) is 59.2 Å². The summed E-state index contributed by atoms with van der Waals surface area (Å²) < 4.78 is 2.09. The summed E-state index contributed by atoms with van der Waals surface area (Å²) in [5, 5.41) is 0.715. The van der Waals surface area contributed by atoms with Crippen molar-refractivity contribution < 1.29 is 0 Å².